The molecule has 0 radical (unpaired) electrons. The molecule has 0 saturated heterocycles. The molecular formula is C12H12Br2F4N4O3. The molecule has 0 fully saturated rings. The van der Waals surface area contributed by atoms with Gasteiger partial charge in [0.05, 0.1) is 25.6 Å². The summed E-state index contributed by atoms with van der Waals surface area (Å²) in [7, 11) is 0. The number of carbonyl (C=O) groups excluding carboxylic acids is 1. The molecule has 1 N–H and O–H groups in total. The van der Waals surface area contributed by atoms with Crippen molar-refractivity contribution in [3.8, 4) is 0 Å². The molecule has 0 amide bonds. The average molecular weight is 496 g/mol. The summed E-state index contributed by atoms with van der Waals surface area (Å²) in [5.41, 5.74) is 0.345. The van der Waals surface area contributed by atoms with Gasteiger partial charge in [0.1, 0.15) is 14.8 Å². The van der Waals surface area contributed by atoms with Crippen LogP contribution in [0.4, 0.5) is 17.6 Å². The summed E-state index contributed by atoms with van der Waals surface area (Å²) in [6, 6.07) is 0. The van der Waals surface area contributed by atoms with Gasteiger partial charge < -0.3 is 9.84 Å². The Labute approximate surface area is 155 Å². The Morgan fingerprint density at radius 1 is 1.16 bits per heavy atom. The minimum atomic E-state index is -2.78. The Balaban J connectivity index is 0.000000257. The second-order valence-electron chi connectivity index (χ2n) is 4.13. The van der Waals surface area contributed by atoms with Crippen molar-refractivity contribution >= 4 is 37.8 Å². The first-order valence-corrected chi connectivity index (χ1v) is 8.12. The van der Waals surface area contributed by atoms with Gasteiger partial charge in [-0.2, -0.15) is 37.1 Å². The lowest BCUT2D eigenvalue weighted by Crippen LogP contribution is -2.06. The third-order valence-electron chi connectivity index (χ3n) is 2.57. The van der Waals surface area contributed by atoms with E-state index in [1.54, 1.807) is 6.92 Å². The molecule has 0 bridgehead atoms. The minimum absolute atomic E-state index is 0.00727. The Morgan fingerprint density at radius 2 is 1.68 bits per heavy atom. The average Bonchev–Trinajstić information content (AvgIpc) is 3.11. The van der Waals surface area contributed by atoms with Crippen molar-refractivity contribution in [1.29, 1.82) is 0 Å². The van der Waals surface area contributed by atoms with Gasteiger partial charge in [-0.05, 0) is 38.8 Å². The molecule has 0 unspecified atom stereocenters. The Kier molecular flexibility index (Phi) is 8.52. The van der Waals surface area contributed by atoms with E-state index in [0.717, 1.165) is 6.20 Å². The minimum Gasteiger partial charge on any atom is -0.462 e. The highest BCUT2D eigenvalue weighted by Crippen LogP contribution is 2.23. The van der Waals surface area contributed by atoms with Crippen molar-refractivity contribution in [2.45, 2.75) is 26.6 Å². The van der Waals surface area contributed by atoms with Crippen LogP contribution in [0.25, 0.3) is 0 Å². The monoisotopic (exact) mass is 494 g/mol. The number of nitrogens with zero attached hydrogens (tertiary/aromatic N) is 4. The zero-order valence-corrected chi connectivity index (χ0v) is 15.7. The van der Waals surface area contributed by atoms with E-state index in [0.29, 0.717) is 14.9 Å². The number of aromatic nitrogens is 4. The fraction of sp³-hybridized carbons (Fsp3) is 0.417. The number of aliphatic hydroxyl groups excluding tert-OH is 1. The van der Waals surface area contributed by atoms with Gasteiger partial charge in [0.25, 0.3) is 0 Å². The highest BCUT2D eigenvalue weighted by Gasteiger charge is 2.20. The smallest absolute Gasteiger partial charge is 0.342 e. The Bertz CT molecular complexity index is 709. The number of hydrogen-bond donors (Lipinski definition) is 1. The molecule has 7 nitrogen and oxygen atoms in total. The summed E-state index contributed by atoms with van der Waals surface area (Å²) >= 11 is 5.71. The van der Waals surface area contributed by atoms with Crippen molar-refractivity contribution < 1.29 is 32.2 Å². The molecule has 0 saturated carbocycles. The van der Waals surface area contributed by atoms with Crippen LogP contribution in [0.2, 0.25) is 0 Å². The van der Waals surface area contributed by atoms with E-state index in [1.165, 1.54) is 6.20 Å². The molecule has 0 aliphatic carbocycles. The van der Waals surface area contributed by atoms with Gasteiger partial charge in [-0.25, -0.2) is 4.79 Å². The molecule has 2 rings (SSSR count). The fourth-order valence-corrected chi connectivity index (χ4v) is 2.44. The quantitative estimate of drug-likeness (QED) is 0.504. The molecule has 0 aromatic carbocycles. The topological polar surface area (TPSA) is 82.2 Å². The lowest BCUT2D eigenvalue weighted by molar-refractivity contribution is 0.0503. The number of carbonyl (C=O) groups is 1. The number of ether oxygens (including phenoxy) is 1. The van der Waals surface area contributed by atoms with Crippen LogP contribution in [-0.4, -0.2) is 37.2 Å². The first-order valence-electron chi connectivity index (χ1n) is 6.53. The second kappa shape index (κ2) is 9.87. The van der Waals surface area contributed by atoms with Crippen molar-refractivity contribution in [2.24, 2.45) is 0 Å². The molecule has 2 heterocycles. The highest BCUT2D eigenvalue weighted by molar-refractivity contribution is 9.10. The largest absolute Gasteiger partial charge is 0.462 e. The normalized spacial score (nSPS) is 10.8. The number of rotatable bonds is 5. The molecule has 2 aromatic heterocycles. The Morgan fingerprint density at radius 3 is 2.04 bits per heavy atom. The van der Waals surface area contributed by atoms with E-state index in [-0.39, 0.29) is 28.0 Å². The number of aliphatic hydroxyl groups is 1. The fourth-order valence-electron chi connectivity index (χ4n) is 1.45. The van der Waals surface area contributed by atoms with Crippen LogP contribution in [-0.2, 0) is 11.3 Å². The van der Waals surface area contributed by atoms with Gasteiger partial charge in [-0.15, -0.1) is 0 Å². The zero-order valence-electron chi connectivity index (χ0n) is 12.5. The molecule has 140 valence electrons. The van der Waals surface area contributed by atoms with E-state index >= 15 is 0 Å². The van der Waals surface area contributed by atoms with Crippen LogP contribution >= 0.6 is 31.9 Å². The lowest BCUT2D eigenvalue weighted by Gasteiger charge is -2.01. The number of halogens is 6. The highest BCUT2D eigenvalue weighted by atomic mass is 79.9. The second-order valence-corrected chi connectivity index (χ2v) is 5.63. The van der Waals surface area contributed by atoms with Crippen LogP contribution in [0.3, 0.4) is 0 Å². The predicted octanol–water partition coefficient (Wildman–Crippen LogP) is 3.75. The van der Waals surface area contributed by atoms with Crippen molar-refractivity contribution in [3.05, 3.63) is 32.7 Å². The SMILES string of the molecule is CCOC(=O)c1cnn(C(F)F)c1Br.OCc1cnn(C(F)F)c1Br. The maximum Gasteiger partial charge on any atom is 0.342 e. The van der Waals surface area contributed by atoms with Crippen molar-refractivity contribution in [3.63, 3.8) is 0 Å². The van der Waals surface area contributed by atoms with Gasteiger partial charge in [-0.1, -0.05) is 0 Å². The van der Waals surface area contributed by atoms with Crippen molar-refractivity contribution in [1.82, 2.24) is 19.6 Å². The summed E-state index contributed by atoms with van der Waals surface area (Å²) < 4.78 is 53.9. The molecule has 0 atom stereocenters. The molecule has 13 heteroatoms. The predicted molar refractivity (Wildman–Crippen MR) is 84.2 cm³/mol. The van der Waals surface area contributed by atoms with Crippen molar-refractivity contribution in [2.75, 3.05) is 6.61 Å². The van der Waals surface area contributed by atoms with E-state index in [9.17, 15) is 22.4 Å². The number of alkyl halides is 4. The van der Waals surface area contributed by atoms with Crippen LogP contribution in [0, 0.1) is 0 Å². The Hall–Kier alpha value is -1.47. The molecule has 0 spiro atoms. The van der Waals surface area contributed by atoms with E-state index in [2.05, 4.69) is 46.8 Å². The van der Waals surface area contributed by atoms with Crippen LogP contribution < -0.4 is 0 Å². The zero-order chi connectivity index (χ0) is 19.1. The number of esters is 1. The molecular weight excluding hydrogens is 484 g/mol. The third-order valence-corrected chi connectivity index (χ3v) is 4.24. The number of hydrogen-bond acceptors (Lipinski definition) is 5. The molecule has 25 heavy (non-hydrogen) atoms. The third kappa shape index (κ3) is 5.51. The first-order chi connectivity index (χ1) is 11.7. The van der Waals surface area contributed by atoms with Gasteiger partial charge in [0.2, 0.25) is 0 Å². The summed E-state index contributed by atoms with van der Waals surface area (Å²) in [4.78, 5) is 11.2. The summed E-state index contributed by atoms with van der Waals surface area (Å²) in [6.45, 7) is -3.95. The van der Waals surface area contributed by atoms with E-state index < -0.39 is 19.1 Å². The van der Waals surface area contributed by atoms with Gasteiger partial charge in [0, 0.05) is 5.56 Å². The molecule has 0 aliphatic heterocycles. The van der Waals surface area contributed by atoms with Crippen LogP contribution in [0.15, 0.2) is 21.6 Å². The first kappa shape index (κ1) is 21.6. The summed E-state index contributed by atoms with van der Waals surface area (Å²) in [6.07, 6.45) is 2.23. The van der Waals surface area contributed by atoms with Crippen LogP contribution in [0.5, 0.6) is 0 Å². The maximum atomic E-state index is 12.2. The van der Waals surface area contributed by atoms with E-state index in [4.69, 9.17) is 5.11 Å². The summed E-state index contributed by atoms with van der Waals surface area (Å²) in [5, 5.41) is 15.3. The lowest BCUT2D eigenvalue weighted by atomic mass is 10.4. The maximum absolute atomic E-state index is 12.2. The van der Waals surface area contributed by atoms with E-state index in [1.807, 2.05) is 0 Å². The van der Waals surface area contributed by atoms with Gasteiger partial charge in [-0.3, -0.25) is 0 Å². The van der Waals surface area contributed by atoms with Crippen LogP contribution in [0.1, 0.15) is 35.9 Å². The summed E-state index contributed by atoms with van der Waals surface area (Å²) in [5.74, 6) is -0.675. The van der Waals surface area contributed by atoms with Gasteiger partial charge in [0.15, 0.2) is 0 Å². The molecule has 2 aromatic rings. The van der Waals surface area contributed by atoms with Gasteiger partial charge >= 0.3 is 19.1 Å². The molecule has 0 aliphatic rings. The standard InChI is InChI=1S/C7H7BrF2N2O2.C5H5BrF2N2O/c1-2-14-6(13)4-3-11-12(5(4)8)7(9)10;6-4-3(2-11)1-9-10(4)5(7)8/h3,7H,2H2,1H3;1,5,11H,2H2.